The van der Waals surface area contributed by atoms with Crippen molar-refractivity contribution in [1.82, 2.24) is 4.90 Å². The maximum absolute atomic E-state index is 11.6. The SMILES string of the molecule is CC(C)CCCCCC(=O)CCN1C(=O)C=CC1=O. The lowest BCUT2D eigenvalue weighted by molar-refractivity contribution is -0.137. The molecule has 0 N–H and O–H groups in total. The first-order chi connectivity index (χ1) is 9.00. The number of amides is 2. The predicted molar refractivity (Wildman–Crippen MR) is 73.4 cm³/mol. The van der Waals surface area contributed by atoms with E-state index in [9.17, 15) is 14.4 Å². The summed E-state index contributed by atoms with van der Waals surface area (Å²) in [6.07, 6.45) is 7.69. The van der Waals surface area contributed by atoms with Crippen LogP contribution in [0.4, 0.5) is 0 Å². The van der Waals surface area contributed by atoms with Gasteiger partial charge in [0, 0.05) is 31.5 Å². The number of ketones is 1. The van der Waals surface area contributed by atoms with Gasteiger partial charge in [-0.15, -0.1) is 0 Å². The molecule has 4 heteroatoms. The molecule has 1 aliphatic rings. The second-order valence-corrected chi connectivity index (χ2v) is 5.44. The molecule has 0 unspecified atom stereocenters. The number of hydrogen-bond donors (Lipinski definition) is 0. The van der Waals surface area contributed by atoms with Crippen molar-refractivity contribution >= 4 is 17.6 Å². The fourth-order valence-corrected chi connectivity index (χ4v) is 2.06. The number of Topliss-reactive ketones (excluding diaryl/α,β-unsaturated/α-hetero) is 1. The van der Waals surface area contributed by atoms with Gasteiger partial charge >= 0.3 is 0 Å². The minimum Gasteiger partial charge on any atom is -0.300 e. The van der Waals surface area contributed by atoms with Crippen molar-refractivity contribution in [1.29, 1.82) is 0 Å². The van der Waals surface area contributed by atoms with Crippen LogP contribution in [-0.2, 0) is 14.4 Å². The molecule has 1 heterocycles. The minimum absolute atomic E-state index is 0.136. The van der Waals surface area contributed by atoms with Crippen LogP contribution in [0.15, 0.2) is 12.2 Å². The second-order valence-electron chi connectivity index (χ2n) is 5.44. The molecule has 0 aliphatic carbocycles. The third kappa shape index (κ3) is 5.81. The van der Waals surface area contributed by atoms with E-state index in [0.717, 1.165) is 30.1 Å². The molecule has 0 saturated heterocycles. The zero-order chi connectivity index (χ0) is 14.3. The Hall–Kier alpha value is -1.45. The Bertz CT molecular complexity index is 354. The summed E-state index contributed by atoms with van der Waals surface area (Å²) in [5, 5.41) is 0. The maximum atomic E-state index is 11.6. The molecular weight excluding hydrogens is 242 g/mol. The molecule has 0 spiro atoms. The van der Waals surface area contributed by atoms with Crippen LogP contribution in [0.25, 0.3) is 0 Å². The highest BCUT2D eigenvalue weighted by Crippen LogP contribution is 2.11. The molecule has 0 atom stereocenters. The molecule has 0 aromatic rings. The van der Waals surface area contributed by atoms with Gasteiger partial charge in [0.25, 0.3) is 11.8 Å². The molecule has 1 aliphatic heterocycles. The van der Waals surface area contributed by atoms with Gasteiger partial charge in [0.2, 0.25) is 0 Å². The lowest BCUT2D eigenvalue weighted by atomic mass is 10.0. The van der Waals surface area contributed by atoms with Gasteiger partial charge in [-0.2, -0.15) is 0 Å². The summed E-state index contributed by atoms with van der Waals surface area (Å²) in [4.78, 5) is 35.3. The normalized spacial score (nSPS) is 14.8. The summed E-state index contributed by atoms with van der Waals surface area (Å²) >= 11 is 0. The predicted octanol–water partition coefficient (Wildman–Crippen LogP) is 2.48. The molecule has 19 heavy (non-hydrogen) atoms. The number of imide groups is 1. The lowest BCUT2D eigenvalue weighted by Crippen LogP contribution is -2.32. The van der Waals surface area contributed by atoms with Gasteiger partial charge in [-0.25, -0.2) is 0 Å². The fourth-order valence-electron chi connectivity index (χ4n) is 2.06. The Labute approximate surface area is 114 Å². The van der Waals surface area contributed by atoms with Gasteiger partial charge in [0.05, 0.1) is 0 Å². The van der Waals surface area contributed by atoms with Gasteiger partial charge < -0.3 is 0 Å². The first kappa shape index (κ1) is 15.6. The molecule has 106 valence electrons. The van der Waals surface area contributed by atoms with Crippen molar-refractivity contribution in [3.63, 3.8) is 0 Å². The van der Waals surface area contributed by atoms with Crippen LogP contribution in [-0.4, -0.2) is 29.0 Å². The van der Waals surface area contributed by atoms with E-state index in [1.807, 2.05) is 0 Å². The minimum atomic E-state index is -0.310. The Kier molecular flexibility index (Phi) is 6.46. The number of unbranched alkanes of at least 4 members (excludes halogenated alkanes) is 2. The summed E-state index contributed by atoms with van der Waals surface area (Å²) < 4.78 is 0. The smallest absolute Gasteiger partial charge is 0.253 e. The van der Waals surface area contributed by atoms with E-state index in [2.05, 4.69) is 13.8 Å². The highest BCUT2D eigenvalue weighted by Gasteiger charge is 2.23. The van der Waals surface area contributed by atoms with Crippen LogP contribution in [0.3, 0.4) is 0 Å². The van der Waals surface area contributed by atoms with Crippen molar-refractivity contribution in [2.45, 2.75) is 52.4 Å². The highest BCUT2D eigenvalue weighted by molar-refractivity contribution is 6.13. The third-order valence-electron chi connectivity index (χ3n) is 3.25. The molecule has 0 radical (unpaired) electrons. The van der Waals surface area contributed by atoms with E-state index in [4.69, 9.17) is 0 Å². The largest absolute Gasteiger partial charge is 0.300 e. The number of carbonyl (C=O) groups is 3. The summed E-state index contributed by atoms with van der Waals surface area (Å²) in [6, 6.07) is 0. The number of hydrogen-bond acceptors (Lipinski definition) is 3. The molecular formula is C15H23NO3. The lowest BCUT2D eigenvalue weighted by Gasteiger charge is -2.12. The van der Waals surface area contributed by atoms with Crippen LogP contribution < -0.4 is 0 Å². The van der Waals surface area contributed by atoms with Crippen LogP contribution >= 0.6 is 0 Å². The van der Waals surface area contributed by atoms with Crippen molar-refractivity contribution < 1.29 is 14.4 Å². The average Bonchev–Trinajstić information content (AvgIpc) is 2.66. The van der Waals surface area contributed by atoms with E-state index in [0.29, 0.717) is 6.42 Å². The Morgan fingerprint density at radius 3 is 2.26 bits per heavy atom. The third-order valence-corrected chi connectivity index (χ3v) is 3.25. The Morgan fingerprint density at radius 2 is 1.68 bits per heavy atom. The van der Waals surface area contributed by atoms with Crippen LogP contribution in [0, 0.1) is 5.92 Å². The second kappa shape index (κ2) is 7.87. The molecule has 4 nitrogen and oxygen atoms in total. The van der Waals surface area contributed by atoms with E-state index in [-0.39, 0.29) is 30.6 Å². The summed E-state index contributed by atoms with van der Waals surface area (Å²) in [7, 11) is 0. The monoisotopic (exact) mass is 265 g/mol. The van der Waals surface area contributed by atoms with Gasteiger partial charge in [0.15, 0.2) is 0 Å². The van der Waals surface area contributed by atoms with Crippen molar-refractivity contribution in [2.75, 3.05) is 6.54 Å². The number of nitrogens with zero attached hydrogens (tertiary/aromatic N) is 1. The molecule has 0 aromatic heterocycles. The summed E-state index contributed by atoms with van der Waals surface area (Å²) in [5.74, 6) is 0.233. The zero-order valence-electron chi connectivity index (χ0n) is 11.9. The average molecular weight is 265 g/mol. The molecule has 0 fully saturated rings. The van der Waals surface area contributed by atoms with E-state index >= 15 is 0 Å². The van der Waals surface area contributed by atoms with Crippen LogP contribution in [0.2, 0.25) is 0 Å². The molecule has 0 bridgehead atoms. The molecule has 0 saturated carbocycles. The molecule has 1 rings (SSSR count). The molecule has 2 amide bonds. The van der Waals surface area contributed by atoms with Crippen molar-refractivity contribution in [3.05, 3.63) is 12.2 Å². The van der Waals surface area contributed by atoms with E-state index < -0.39 is 0 Å². The first-order valence-electron chi connectivity index (χ1n) is 7.06. The quantitative estimate of drug-likeness (QED) is 0.475. The number of carbonyl (C=O) groups excluding carboxylic acids is 3. The van der Waals surface area contributed by atoms with E-state index in [1.54, 1.807) is 0 Å². The zero-order valence-corrected chi connectivity index (χ0v) is 11.9. The highest BCUT2D eigenvalue weighted by atomic mass is 16.2. The standard InChI is InChI=1S/C15H23NO3/c1-12(2)6-4-3-5-7-13(17)10-11-16-14(18)8-9-15(16)19/h8-9,12H,3-7,10-11H2,1-2H3. The van der Waals surface area contributed by atoms with Crippen LogP contribution in [0.5, 0.6) is 0 Å². The Morgan fingerprint density at radius 1 is 1.05 bits per heavy atom. The summed E-state index contributed by atoms with van der Waals surface area (Å²) in [6.45, 7) is 4.61. The van der Waals surface area contributed by atoms with Crippen molar-refractivity contribution in [3.8, 4) is 0 Å². The topological polar surface area (TPSA) is 54.5 Å². The molecule has 0 aromatic carbocycles. The van der Waals surface area contributed by atoms with Gasteiger partial charge in [0.1, 0.15) is 5.78 Å². The van der Waals surface area contributed by atoms with Gasteiger partial charge in [-0.3, -0.25) is 19.3 Å². The summed E-state index contributed by atoms with van der Waals surface area (Å²) in [5.41, 5.74) is 0. The van der Waals surface area contributed by atoms with Crippen LogP contribution in [0.1, 0.15) is 52.4 Å². The fraction of sp³-hybridized carbons (Fsp3) is 0.667. The van der Waals surface area contributed by atoms with Gasteiger partial charge in [-0.1, -0.05) is 33.1 Å². The Balaban J connectivity index is 2.08. The van der Waals surface area contributed by atoms with E-state index in [1.165, 1.54) is 18.6 Å². The van der Waals surface area contributed by atoms with Gasteiger partial charge in [-0.05, 0) is 12.3 Å². The maximum Gasteiger partial charge on any atom is 0.253 e. The number of rotatable bonds is 9. The van der Waals surface area contributed by atoms with Crippen molar-refractivity contribution in [2.24, 2.45) is 5.92 Å². The first-order valence-corrected chi connectivity index (χ1v) is 7.06.